The van der Waals surface area contributed by atoms with Gasteiger partial charge in [0.05, 0.1) is 0 Å². The molecule has 2 heteroatoms. The average Bonchev–Trinajstić information content (AvgIpc) is 2.36. The zero-order valence-electron chi connectivity index (χ0n) is 13.5. The van der Waals surface area contributed by atoms with E-state index in [1.807, 2.05) is 38.2 Å². The summed E-state index contributed by atoms with van der Waals surface area (Å²) in [6.45, 7) is 13.2. The summed E-state index contributed by atoms with van der Waals surface area (Å²) < 4.78 is 14.4. The molecular formula is C18H28FN. The minimum absolute atomic E-state index is 0.0755. The Bertz CT molecular complexity index is 445. The number of hydrogen-bond acceptors (Lipinski definition) is 1. The van der Waals surface area contributed by atoms with Crippen LogP contribution in [0.2, 0.25) is 0 Å². The molecule has 2 atom stereocenters. The number of benzene rings is 1. The first-order chi connectivity index (χ1) is 9.30. The van der Waals surface area contributed by atoms with Gasteiger partial charge in [-0.05, 0) is 42.9 Å². The smallest absolute Gasteiger partial charge is 0.129 e. The molecule has 1 aromatic rings. The highest BCUT2D eigenvalue weighted by Crippen LogP contribution is 2.36. The van der Waals surface area contributed by atoms with Crippen molar-refractivity contribution in [2.75, 3.05) is 13.6 Å². The number of aryl methyl sites for hydroxylation is 1. The molecule has 2 unspecified atom stereocenters. The Kier molecular flexibility index (Phi) is 5.94. The van der Waals surface area contributed by atoms with Gasteiger partial charge in [-0.25, -0.2) is 4.39 Å². The van der Waals surface area contributed by atoms with Gasteiger partial charge in [0, 0.05) is 12.5 Å². The van der Waals surface area contributed by atoms with Crippen LogP contribution < -0.4 is 5.32 Å². The van der Waals surface area contributed by atoms with E-state index in [1.54, 1.807) is 0 Å². The van der Waals surface area contributed by atoms with Gasteiger partial charge in [0.25, 0.3) is 0 Å². The van der Waals surface area contributed by atoms with E-state index < -0.39 is 0 Å². The zero-order valence-corrected chi connectivity index (χ0v) is 13.5. The maximum atomic E-state index is 14.4. The van der Waals surface area contributed by atoms with Crippen molar-refractivity contribution >= 4 is 0 Å². The molecule has 112 valence electrons. The predicted octanol–water partition coefficient (Wildman–Crippen LogP) is 4.68. The third kappa shape index (κ3) is 4.45. The van der Waals surface area contributed by atoms with Crippen LogP contribution in [0.4, 0.5) is 4.39 Å². The molecule has 0 saturated carbocycles. The van der Waals surface area contributed by atoms with E-state index in [4.69, 9.17) is 0 Å². The largest absolute Gasteiger partial charge is 0.319 e. The van der Waals surface area contributed by atoms with Crippen molar-refractivity contribution in [2.24, 2.45) is 11.3 Å². The van der Waals surface area contributed by atoms with Crippen molar-refractivity contribution in [1.29, 1.82) is 0 Å². The van der Waals surface area contributed by atoms with Crippen molar-refractivity contribution in [3.05, 3.63) is 47.8 Å². The molecule has 0 fully saturated rings. The van der Waals surface area contributed by atoms with Gasteiger partial charge < -0.3 is 5.32 Å². The second-order valence-electron chi connectivity index (χ2n) is 6.81. The maximum Gasteiger partial charge on any atom is 0.129 e. The summed E-state index contributed by atoms with van der Waals surface area (Å²) in [5, 5.41) is 3.20. The van der Waals surface area contributed by atoms with Crippen molar-refractivity contribution in [3.8, 4) is 0 Å². The molecule has 0 radical (unpaired) electrons. The molecule has 0 saturated heterocycles. The molecule has 1 aromatic carbocycles. The van der Waals surface area contributed by atoms with E-state index in [0.29, 0.717) is 5.56 Å². The molecule has 0 spiro atoms. The minimum atomic E-state index is -0.0755. The molecule has 0 amide bonds. The lowest BCUT2D eigenvalue weighted by Crippen LogP contribution is -2.27. The first-order valence-electron chi connectivity index (χ1n) is 7.32. The van der Waals surface area contributed by atoms with Gasteiger partial charge in [-0.3, -0.25) is 0 Å². The molecule has 0 heterocycles. The van der Waals surface area contributed by atoms with Crippen LogP contribution in [0.1, 0.15) is 44.2 Å². The fourth-order valence-electron chi connectivity index (χ4n) is 2.77. The van der Waals surface area contributed by atoms with Crippen molar-refractivity contribution in [3.63, 3.8) is 0 Å². The Hall–Kier alpha value is -1.15. The minimum Gasteiger partial charge on any atom is -0.319 e. The second-order valence-corrected chi connectivity index (χ2v) is 6.81. The van der Waals surface area contributed by atoms with Gasteiger partial charge in [0.1, 0.15) is 5.82 Å². The Morgan fingerprint density at radius 2 is 2.00 bits per heavy atom. The van der Waals surface area contributed by atoms with E-state index in [1.165, 1.54) is 0 Å². The first-order valence-corrected chi connectivity index (χ1v) is 7.32. The topological polar surface area (TPSA) is 12.0 Å². The van der Waals surface area contributed by atoms with E-state index in [-0.39, 0.29) is 23.1 Å². The maximum absolute atomic E-state index is 14.4. The molecule has 1 rings (SSSR count). The molecule has 1 nitrogen and oxygen atoms in total. The number of nitrogens with one attached hydrogen (secondary N) is 1. The van der Waals surface area contributed by atoms with E-state index in [9.17, 15) is 4.39 Å². The lowest BCUT2D eigenvalue weighted by molar-refractivity contribution is 0.293. The fraction of sp³-hybridized carbons (Fsp3) is 0.556. The van der Waals surface area contributed by atoms with Crippen LogP contribution in [0.15, 0.2) is 30.9 Å². The summed E-state index contributed by atoms with van der Waals surface area (Å²) >= 11 is 0. The lowest BCUT2D eigenvalue weighted by atomic mass is 9.75. The van der Waals surface area contributed by atoms with E-state index in [0.717, 1.165) is 18.5 Å². The van der Waals surface area contributed by atoms with Crippen molar-refractivity contribution in [2.45, 2.75) is 40.0 Å². The Morgan fingerprint density at radius 3 is 2.50 bits per heavy atom. The SMILES string of the molecule is C=CC(CC(C)(C)C)C(CNC)c1cccc(C)c1F. The normalized spacial score (nSPS) is 14.9. The first kappa shape index (κ1) is 16.9. The highest BCUT2D eigenvalue weighted by atomic mass is 19.1. The van der Waals surface area contributed by atoms with Crippen molar-refractivity contribution < 1.29 is 4.39 Å². The van der Waals surface area contributed by atoms with Crippen molar-refractivity contribution in [1.82, 2.24) is 5.32 Å². The molecule has 0 aliphatic carbocycles. The Morgan fingerprint density at radius 1 is 1.35 bits per heavy atom. The van der Waals surface area contributed by atoms with Crippen LogP contribution in [0.25, 0.3) is 0 Å². The van der Waals surface area contributed by atoms with Crippen LogP contribution in [0, 0.1) is 24.1 Å². The number of halogens is 1. The predicted molar refractivity (Wildman–Crippen MR) is 85.6 cm³/mol. The summed E-state index contributed by atoms with van der Waals surface area (Å²) in [7, 11) is 1.91. The Labute approximate surface area is 123 Å². The summed E-state index contributed by atoms with van der Waals surface area (Å²) in [6, 6.07) is 5.67. The number of allylic oxidation sites excluding steroid dienone is 1. The van der Waals surface area contributed by atoms with Crippen LogP contribution in [-0.4, -0.2) is 13.6 Å². The molecular weight excluding hydrogens is 249 g/mol. The summed E-state index contributed by atoms with van der Waals surface area (Å²) in [5.74, 6) is 0.309. The summed E-state index contributed by atoms with van der Waals surface area (Å²) in [5.41, 5.74) is 1.71. The molecule has 0 aliphatic rings. The van der Waals surface area contributed by atoms with Gasteiger partial charge in [-0.1, -0.05) is 45.0 Å². The Balaban J connectivity index is 3.14. The van der Waals surface area contributed by atoms with E-state index in [2.05, 4.69) is 32.7 Å². The van der Waals surface area contributed by atoms with Gasteiger partial charge >= 0.3 is 0 Å². The molecule has 20 heavy (non-hydrogen) atoms. The standard InChI is InChI=1S/C18H28FN/c1-7-14(11-18(3,4)5)16(12-20-6)15-10-8-9-13(2)17(15)19/h7-10,14,16,20H,1,11-12H2,2-6H3. The van der Waals surface area contributed by atoms with Crippen LogP contribution in [0.5, 0.6) is 0 Å². The number of rotatable bonds is 6. The quantitative estimate of drug-likeness (QED) is 0.745. The van der Waals surface area contributed by atoms with Gasteiger partial charge in [-0.2, -0.15) is 0 Å². The van der Waals surface area contributed by atoms with Crippen LogP contribution >= 0.6 is 0 Å². The summed E-state index contributed by atoms with van der Waals surface area (Å²) in [4.78, 5) is 0. The zero-order chi connectivity index (χ0) is 15.3. The van der Waals surface area contributed by atoms with Gasteiger partial charge in [-0.15, -0.1) is 6.58 Å². The molecule has 1 N–H and O–H groups in total. The average molecular weight is 277 g/mol. The third-order valence-electron chi connectivity index (χ3n) is 3.71. The summed E-state index contributed by atoms with van der Waals surface area (Å²) in [6.07, 6.45) is 2.98. The van der Waals surface area contributed by atoms with Crippen LogP contribution in [0.3, 0.4) is 0 Å². The van der Waals surface area contributed by atoms with E-state index >= 15 is 0 Å². The fourth-order valence-corrected chi connectivity index (χ4v) is 2.77. The highest BCUT2D eigenvalue weighted by molar-refractivity contribution is 5.29. The third-order valence-corrected chi connectivity index (χ3v) is 3.71. The van der Waals surface area contributed by atoms with Gasteiger partial charge in [0.2, 0.25) is 0 Å². The molecule has 0 aromatic heterocycles. The lowest BCUT2D eigenvalue weighted by Gasteiger charge is -2.31. The highest BCUT2D eigenvalue weighted by Gasteiger charge is 2.27. The number of likely N-dealkylation sites (N-methyl/N-ethyl adjacent to an activating group) is 1. The molecule has 0 bridgehead atoms. The van der Waals surface area contributed by atoms with Gasteiger partial charge in [0.15, 0.2) is 0 Å². The molecule has 0 aliphatic heterocycles. The second kappa shape index (κ2) is 7.03. The number of hydrogen-bond donors (Lipinski definition) is 1. The van der Waals surface area contributed by atoms with Crippen LogP contribution in [-0.2, 0) is 0 Å². The monoisotopic (exact) mass is 277 g/mol.